The molecule has 3 rings (SSSR count). The van der Waals surface area contributed by atoms with E-state index in [1.54, 1.807) is 6.92 Å². The van der Waals surface area contributed by atoms with Gasteiger partial charge in [0.15, 0.2) is 0 Å². The Balaban J connectivity index is 1.71. The fourth-order valence-electron chi connectivity index (χ4n) is 3.34. The fourth-order valence-corrected chi connectivity index (χ4v) is 3.34. The lowest BCUT2D eigenvalue weighted by molar-refractivity contribution is -0.129. The molecule has 4 nitrogen and oxygen atoms in total. The molecule has 0 unspecified atom stereocenters. The predicted octanol–water partition coefficient (Wildman–Crippen LogP) is 2.72. The van der Waals surface area contributed by atoms with Crippen LogP contribution in [0.25, 0.3) is 0 Å². The van der Waals surface area contributed by atoms with Gasteiger partial charge in [-0.1, -0.05) is 18.9 Å². The monoisotopic (exact) mass is 286 g/mol. The maximum atomic E-state index is 12.2. The number of carbonyl (C=O) groups excluding carboxylic acids is 2. The lowest BCUT2D eigenvalue weighted by Gasteiger charge is -2.28. The smallest absolute Gasteiger partial charge is 0.227 e. The Bertz CT molecular complexity index is 562. The van der Waals surface area contributed by atoms with Crippen LogP contribution in [0.2, 0.25) is 0 Å². The van der Waals surface area contributed by atoms with Crippen molar-refractivity contribution in [3.05, 3.63) is 29.3 Å². The summed E-state index contributed by atoms with van der Waals surface area (Å²) in [5, 5.41) is 3.04. The van der Waals surface area contributed by atoms with Crippen molar-refractivity contribution in [1.82, 2.24) is 4.90 Å². The van der Waals surface area contributed by atoms with Crippen LogP contribution >= 0.6 is 0 Å². The average molecular weight is 286 g/mol. The first-order chi connectivity index (χ1) is 10.1. The van der Waals surface area contributed by atoms with Crippen LogP contribution in [0.15, 0.2) is 18.2 Å². The Morgan fingerprint density at radius 1 is 1.19 bits per heavy atom. The number of fused-ring (bicyclic) bond motifs is 1. The minimum Gasteiger partial charge on any atom is -0.338 e. The summed E-state index contributed by atoms with van der Waals surface area (Å²) < 4.78 is 0. The highest BCUT2D eigenvalue weighted by atomic mass is 16.2. The molecule has 1 aromatic rings. The van der Waals surface area contributed by atoms with Crippen molar-refractivity contribution in [1.29, 1.82) is 0 Å². The highest BCUT2D eigenvalue weighted by molar-refractivity contribution is 5.92. The number of rotatable bonds is 2. The number of benzene rings is 1. The molecule has 0 radical (unpaired) electrons. The van der Waals surface area contributed by atoms with Crippen LogP contribution in [0.5, 0.6) is 0 Å². The van der Waals surface area contributed by atoms with Gasteiger partial charge in [-0.15, -0.1) is 0 Å². The van der Waals surface area contributed by atoms with Crippen LogP contribution in [-0.2, 0) is 22.6 Å². The second-order valence-electron chi connectivity index (χ2n) is 6.14. The van der Waals surface area contributed by atoms with Crippen molar-refractivity contribution in [3.8, 4) is 0 Å². The molecule has 0 bridgehead atoms. The maximum Gasteiger partial charge on any atom is 0.227 e. The van der Waals surface area contributed by atoms with Gasteiger partial charge in [-0.2, -0.15) is 0 Å². The molecule has 1 fully saturated rings. The molecule has 0 spiro atoms. The second kappa shape index (κ2) is 5.88. The van der Waals surface area contributed by atoms with Crippen LogP contribution in [0, 0.1) is 5.92 Å². The first-order valence-corrected chi connectivity index (χ1v) is 7.81. The molecular formula is C17H22N2O2. The van der Waals surface area contributed by atoms with Crippen LogP contribution in [0.3, 0.4) is 0 Å². The number of hydrogen-bond donors (Lipinski definition) is 1. The summed E-state index contributed by atoms with van der Waals surface area (Å²) in [5.41, 5.74) is 3.29. The van der Waals surface area contributed by atoms with E-state index in [9.17, 15) is 9.59 Å². The van der Waals surface area contributed by atoms with Gasteiger partial charge < -0.3 is 10.2 Å². The number of anilines is 1. The summed E-state index contributed by atoms with van der Waals surface area (Å²) in [4.78, 5) is 25.5. The molecule has 0 aromatic heterocycles. The zero-order chi connectivity index (χ0) is 14.8. The van der Waals surface area contributed by atoms with E-state index < -0.39 is 0 Å². The highest BCUT2D eigenvalue weighted by Gasteiger charge is 2.23. The largest absolute Gasteiger partial charge is 0.338 e. The van der Waals surface area contributed by atoms with E-state index in [0.717, 1.165) is 49.9 Å². The summed E-state index contributed by atoms with van der Waals surface area (Å²) >= 11 is 0. The molecule has 2 aliphatic rings. The van der Waals surface area contributed by atoms with Gasteiger partial charge in [-0.25, -0.2) is 0 Å². The molecule has 0 saturated heterocycles. The first kappa shape index (κ1) is 14.1. The van der Waals surface area contributed by atoms with Crippen LogP contribution in [-0.4, -0.2) is 23.3 Å². The Morgan fingerprint density at radius 2 is 1.95 bits per heavy atom. The van der Waals surface area contributed by atoms with E-state index in [-0.39, 0.29) is 17.7 Å². The number of carbonyl (C=O) groups is 2. The quantitative estimate of drug-likeness (QED) is 0.908. The molecule has 1 heterocycles. The molecular weight excluding hydrogens is 264 g/mol. The molecule has 1 aliphatic heterocycles. The third kappa shape index (κ3) is 3.09. The molecule has 1 aliphatic carbocycles. The summed E-state index contributed by atoms with van der Waals surface area (Å²) in [6.07, 6.45) is 5.24. The van der Waals surface area contributed by atoms with Crippen LogP contribution in [0.4, 0.5) is 5.69 Å². The number of amides is 2. The topological polar surface area (TPSA) is 49.4 Å². The van der Waals surface area contributed by atoms with Crippen molar-refractivity contribution in [3.63, 3.8) is 0 Å². The lowest BCUT2D eigenvalue weighted by atomic mass is 9.98. The average Bonchev–Trinajstić information content (AvgIpc) is 3.00. The molecule has 21 heavy (non-hydrogen) atoms. The van der Waals surface area contributed by atoms with E-state index in [1.165, 1.54) is 5.56 Å². The van der Waals surface area contributed by atoms with Gasteiger partial charge in [0.25, 0.3) is 0 Å². The van der Waals surface area contributed by atoms with Crippen molar-refractivity contribution in [2.75, 3.05) is 11.9 Å². The van der Waals surface area contributed by atoms with Crippen molar-refractivity contribution in [2.45, 2.75) is 45.6 Å². The molecule has 1 N–H and O–H groups in total. The normalized spacial score (nSPS) is 18.4. The van der Waals surface area contributed by atoms with Gasteiger partial charge in [0.1, 0.15) is 0 Å². The SMILES string of the molecule is CC(=O)N1CCc2ccc(NC(=O)C3CCCC3)cc2C1. The zero-order valence-corrected chi connectivity index (χ0v) is 12.5. The van der Waals surface area contributed by atoms with E-state index in [1.807, 2.05) is 17.0 Å². The Hall–Kier alpha value is -1.84. The van der Waals surface area contributed by atoms with Gasteiger partial charge in [0.2, 0.25) is 11.8 Å². The molecule has 4 heteroatoms. The summed E-state index contributed by atoms with van der Waals surface area (Å²) in [6, 6.07) is 6.09. The van der Waals surface area contributed by atoms with Crippen LogP contribution in [0.1, 0.15) is 43.7 Å². The van der Waals surface area contributed by atoms with Crippen molar-refractivity contribution >= 4 is 17.5 Å². The standard InChI is InChI=1S/C17H22N2O2/c1-12(20)19-9-8-13-6-7-16(10-15(13)11-19)18-17(21)14-4-2-3-5-14/h6-7,10,14H,2-5,8-9,11H2,1H3,(H,18,21). The Kier molecular flexibility index (Phi) is 3.95. The van der Waals surface area contributed by atoms with E-state index in [2.05, 4.69) is 11.4 Å². The van der Waals surface area contributed by atoms with Crippen molar-refractivity contribution in [2.24, 2.45) is 5.92 Å². The van der Waals surface area contributed by atoms with Gasteiger partial charge in [-0.3, -0.25) is 9.59 Å². The van der Waals surface area contributed by atoms with Crippen molar-refractivity contribution < 1.29 is 9.59 Å². The van der Waals surface area contributed by atoms with E-state index in [4.69, 9.17) is 0 Å². The van der Waals surface area contributed by atoms with Crippen LogP contribution < -0.4 is 5.32 Å². The predicted molar refractivity (Wildman–Crippen MR) is 81.8 cm³/mol. The molecule has 1 saturated carbocycles. The number of hydrogen-bond acceptors (Lipinski definition) is 2. The van der Waals surface area contributed by atoms with Gasteiger partial charge >= 0.3 is 0 Å². The third-order valence-electron chi connectivity index (χ3n) is 4.66. The second-order valence-corrected chi connectivity index (χ2v) is 6.14. The molecule has 0 atom stereocenters. The summed E-state index contributed by atoms with van der Waals surface area (Å²) in [5.74, 6) is 0.433. The van der Waals surface area contributed by atoms with Gasteiger partial charge in [0.05, 0.1) is 0 Å². The van der Waals surface area contributed by atoms with Gasteiger partial charge in [0, 0.05) is 31.6 Å². The number of nitrogens with one attached hydrogen (secondary N) is 1. The summed E-state index contributed by atoms with van der Waals surface area (Å²) in [7, 11) is 0. The van der Waals surface area contributed by atoms with E-state index in [0.29, 0.717) is 6.54 Å². The first-order valence-electron chi connectivity index (χ1n) is 7.81. The number of nitrogens with zero attached hydrogens (tertiary/aromatic N) is 1. The highest BCUT2D eigenvalue weighted by Crippen LogP contribution is 2.27. The zero-order valence-electron chi connectivity index (χ0n) is 12.5. The third-order valence-corrected chi connectivity index (χ3v) is 4.66. The molecule has 1 aromatic carbocycles. The minimum atomic E-state index is 0.112. The minimum absolute atomic E-state index is 0.112. The lowest BCUT2D eigenvalue weighted by Crippen LogP contribution is -2.34. The summed E-state index contributed by atoms with van der Waals surface area (Å²) in [6.45, 7) is 3.05. The van der Waals surface area contributed by atoms with Gasteiger partial charge in [-0.05, 0) is 42.5 Å². The fraction of sp³-hybridized carbons (Fsp3) is 0.529. The Morgan fingerprint density at radius 3 is 2.67 bits per heavy atom. The molecule has 112 valence electrons. The maximum absolute atomic E-state index is 12.2. The molecule has 2 amide bonds. The van der Waals surface area contributed by atoms with E-state index >= 15 is 0 Å². The Labute approximate surface area is 125 Å².